The SMILES string of the molecule is CN1CCc2cc(CNc3ccc(Cl)cc3Br)ccc21. The Balaban J connectivity index is 1.73. The predicted molar refractivity (Wildman–Crippen MR) is 89.9 cm³/mol. The van der Waals surface area contributed by atoms with Crippen molar-refractivity contribution in [1.82, 2.24) is 0 Å². The van der Waals surface area contributed by atoms with Crippen molar-refractivity contribution in [3.05, 3.63) is 57.0 Å². The Morgan fingerprint density at radius 2 is 2.10 bits per heavy atom. The van der Waals surface area contributed by atoms with Crippen molar-refractivity contribution in [3.63, 3.8) is 0 Å². The van der Waals surface area contributed by atoms with Gasteiger partial charge in [0.15, 0.2) is 0 Å². The van der Waals surface area contributed by atoms with E-state index in [1.54, 1.807) is 0 Å². The van der Waals surface area contributed by atoms with Crippen LogP contribution in [-0.2, 0) is 13.0 Å². The fraction of sp³-hybridized carbons (Fsp3) is 0.250. The van der Waals surface area contributed by atoms with Gasteiger partial charge in [0.1, 0.15) is 0 Å². The molecule has 0 atom stereocenters. The highest BCUT2D eigenvalue weighted by atomic mass is 79.9. The average molecular weight is 352 g/mol. The Kier molecular flexibility index (Phi) is 3.90. The Labute approximate surface area is 132 Å². The summed E-state index contributed by atoms with van der Waals surface area (Å²) in [6, 6.07) is 12.5. The number of nitrogens with one attached hydrogen (secondary N) is 1. The lowest BCUT2D eigenvalue weighted by atomic mass is 10.1. The maximum Gasteiger partial charge on any atom is 0.0488 e. The summed E-state index contributed by atoms with van der Waals surface area (Å²) in [4.78, 5) is 2.31. The highest BCUT2D eigenvalue weighted by molar-refractivity contribution is 9.10. The van der Waals surface area contributed by atoms with Crippen molar-refractivity contribution in [2.45, 2.75) is 13.0 Å². The summed E-state index contributed by atoms with van der Waals surface area (Å²) in [5.74, 6) is 0. The molecule has 1 aliphatic rings. The first kappa shape index (κ1) is 13.8. The highest BCUT2D eigenvalue weighted by Crippen LogP contribution is 2.29. The zero-order chi connectivity index (χ0) is 14.1. The smallest absolute Gasteiger partial charge is 0.0488 e. The third-order valence-corrected chi connectivity index (χ3v) is 4.58. The lowest BCUT2D eigenvalue weighted by molar-refractivity contribution is 0.955. The summed E-state index contributed by atoms with van der Waals surface area (Å²) in [6.07, 6.45) is 1.14. The molecule has 0 aromatic heterocycles. The monoisotopic (exact) mass is 350 g/mol. The van der Waals surface area contributed by atoms with E-state index < -0.39 is 0 Å². The molecule has 0 bridgehead atoms. The molecule has 0 spiro atoms. The molecule has 0 unspecified atom stereocenters. The maximum absolute atomic E-state index is 5.95. The van der Waals surface area contributed by atoms with E-state index in [0.29, 0.717) is 0 Å². The van der Waals surface area contributed by atoms with E-state index in [4.69, 9.17) is 11.6 Å². The van der Waals surface area contributed by atoms with Crippen LogP contribution in [0.3, 0.4) is 0 Å². The zero-order valence-corrected chi connectivity index (χ0v) is 13.6. The molecular formula is C16H16BrClN2. The number of anilines is 2. The third-order valence-electron chi connectivity index (χ3n) is 3.69. The van der Waals surface area contributed by atoms with Gasteiger partial charge in [-0.25, -0.2) is 0 Å². The van der Waals surface area contributed by atoms with E-state index in [9.17, 15) is 0 Å². The molecule has 104 valence electrons. The molecule has 2 nitrogen and oxygen atoms in total. The minimum atomic E-state index is 0.739. The molecule has 0 amide bonds. The van der Waals surface area contributed by atoms with Gasteiger partial charge in [-0.3, -0.25) is 0 Å². The molecule has 3 rings (SSSR count). The third kappa shape index (κ3) is 2.79. The lowest BCUT2D eigenvalue weighted by Gasteiger charge is -2.13. The number of likely N-dealkylation sites (N-methyl/N-ethyl adjacent to an activating group) is 1. The molecule has 0 saturated carbocycles. The summed E-state index contributed by atoms with van der Waals surface area (Å²) in [5, 5.41) is 4.18. The lowest BCUT2D eigenvalue weighted by Crippen LogP contribution is -2.12. The first-order valence-corrected chi connectivity index (χ1v) is 7.82. The summed E-state index contributed by atoms with van der Waals surface area (Å²) >= 11 is 9.47. The molecule has 1 N–H and O–H groups in total. The quantitative estimate of drug-likeness (QED) is 0.861. The first-order valence-electron chi connectivity index (χ1n) is 6.65. The van der Waals surface area contributed by atoms with E-state index >= 15 is 0 Å². The number of hydrogen-bond acceptors (Lipinski definition) is 2. The van der Waals surface area contributed by atoms with Gasteiger partial charge in [0.25, 0.3) is 0 Å². The van der Waals surface area contributed by atoms with E-state index in [0.717, 1.165) is 34.7 Å². The van der Waals surface area contributed by atoms with Crippen molar-refractivity contribution in [2.24, 2.45) is 0 Å². The number of benzene rings is 2. The fourth-order valence-corrected chi connectivity index (χ4v) is 3.38. The number of fused-ring (bicyclic) bond motifs is 1. The summed E-state index contributed by atoms with van der Waals surface area (Å²) in [6.45, 7) is 1.94. The van der Waals surface area contributed by atoms with Gasteiger partial charge in [-0.15, -0.1) is 0 Å². The minimum Gasteiger partial charge on any atom is -0.380 e. The Morgan fingerprint density at radius 1 is 1.25 bits per heavy atom. The van der Waals surface area contributed by atoms with Crippen LogP contribution in [0.15, 0.2) is 40.9 Å². The Morgan fingerprint density at radius 3 is 2.90 bits per heavy atom. The van der Waals surface area contributed by atoms with Gasteiger partial charge in [-0.05, 0) is 57.7 Å². The second-order valence-electron chi connectivity index (χ2n) is 5.11. The minimum absolute atomic E-state index is 0.739. The summed E-state index contributed by atoms with van der Waals surface area (Å²) in [7, 11) is 2.15. The van der Waals surface area contributed by atoms with Crippen molar-refractivity contribution in [2.75, 3.05) is 23.8 Å². The molecule has 4 heteroatoms. The van der Waals surface area contributed by atoms with E-state index in [-0.39, 0.29) is 0 Å². The normalized spacial score (nSPS) is 13.4. The molecule has 0 fully saturated rings. The highest BCUT2D eigenvalue weighted by Gasteiger charge is 2.15. The van der Waals surface area contributed by atoms with E-state index in [1.807, 2.05) is 18.2 Å². The molecule has 20 heavy (non-hydrogen) atoms. The topological polar surface area (TPSA) is 15.3 Å². The molecular weight excluding hydrogens is 336 g/mol. The number of hydrogen-bond donors (Lipinski definition) is 1. The standard InChI is InChI=1S/C16H16BrClN2/c1-20-7-6-12-8-11(2-5-16(12)20)10-19-15-4-3-13(18)9-14(15)17/h2-5,8-9,19H,6-7,10H2,1H3. The number of halogens is 2. The van der Waals surface area contributed by atoms with Gasteiger partial charge in [0, 0.05) is 41.0 Å². The molecule has 2 aromatic carbocycles. The number of nitrogens with zero attached hydrogens (tertiary/aromatic N) is 1. The largest absolute Gasteiger partial charge is 0.380 e. The second-order valence-corrected chi connectivity index (χ2v) is 6.40. The van der Waals surface area contributed by atoms with Gasteiger partial charge in [-0.1, -0.05) is 23.7 Å². The van der Waals surface area contributed by atoms with Crippen LogP contribution in [0, 0.1) is 0 Å². The predicted octanol–water partition coefficient (Wildman–Crippen LogP) is 4.71. The van der Waals surface area contributed by atoms with Gasteiger partial charge >= 0.3 is 0 Å². The molecule has 1 heterocycles. The average Bonchev–Trinajstić information content (AvgIpc) is 2.79. The van der Waals surface area contributed by atoms with Crippen LogP contribution in [0.25, 0.3) is 0 Å². The van der Waals surface area contributed by atoms with Crippen molar-refractivity contribution in [1.29, 1.82) is 0 Å². The van der Waals surface area contributed by atoms with Crippen LogP contribution < -0.4 is 10.2 Å². The molecule has 0 aliphatic carbocycles. The van der Waals surface area contributed by atoms with Gasteiger partial charge < -0.3 is 10.2 Å². The first-order chi connectivity index (χ1) is 9.63. The van der Waals surface area contributed by atoms with Crippen molar-refractivity contribution < 1.29 is 0 Å². The second kappa shape index (κ2) is 5.66. The molecule has 0 saturated heterocycles. The summed E-state index contributed by atoms with van der Waals surface area (Å²) < 4.78 is 0.992. The van der Waals surface area contributed by atoms with Crippen LogP contribution in [0.4, 0.5) is 11.4 Å². The summed E-state index contributed by atoms with van der Waals surface area (Å²) in [5.41, 5.74) is 5.18. The number of rotatable bonds is 3. The van der Waals surface area contributed by atoms with E-state index in [2.05, 4.69) is 51.4 Å². The van der Waals surface area contributed by atoms with Gasteiger partial charge in [0.05, 0.1) is 0 Å². The van der Waals surface area contributed by atoms with Gasteiger partial charge in [-0.2, -0.15) is 0 Å². The van der Waals surface area contributed by atoms with Crippen LogP contribution >= 0.6 is 27.5 Å². The zero-order valence-electron chi connectivity index (χ0n) is 11.3. The fourth-order valence-electron chi connectivity index (χ4n) is 2.56. The molecule has 0 radical (unpaired) electrons. The Hall–Kier alpha value is -1.19. The van der Waals surface area contributed by atoms with Crippen LogP contribution in [0.1, 0.15) is 11.1 Å². The van der Waals surface area contributed by atoms with Crippen molar-refractivity contribution in [3.8, 4) is 0 Å². The molecule has 1 aliphatic heterocycles. The van der Waals surface area contributed by atoms with Crippen LogP contribution in [0.2, 0.25) is 5.02 Å². The maximum atomic E-state index is 5.95. The van der Waals surface area contributed by atoms with Crippen LogP contribution in [0.5, 0.6) is 0 Å². The molecule has 2 aromatic rings. The van der Waals surface area contributed by atoms with Gasteiger partial charge in [0.2, 0.25) is 0 Å². The van der Waals surface area contributed by atoms with Crippen LogP contribution in [-0.4, -0.2) is 13.6 Å². The van der Waals surface area contributed by atoms with Crippen molar-refractivity contribution >= 4 is 38.9 Å². The Bertz CT molecular complexity index is 642. The van der Waals surface area contributed by atoms with E-state index in [1.165, 1.54) is 16.8 Å².